The molecule has 0 N–H and O–H groups in total. The van der Waals surface area contributed by atoms with Gasteiger partial charge in [-0.05, 0) is 12.1 Å². The molecule has 0 atom stereocenters. The van der Waals surface area contributed by atoms with Crippen molar-refractivity contribution in [3.63, 3.8) is 0 Å². The molecule has 1 aromatic carbocycles. The average Bonchev–Trinajstić information content (AvgIpc) is 2.38. The normalized spacial score (nSPS) is 9.65. The van der Waals surface area contributed by atoms with Crippen molar-refractivity contribution in [2.24, 2.45) is 0 Å². The van der Waals surface area contributed by atoms with Crippen LogP contribution in [0.1, 0.15) is 11.3 Å². The third kappa shape index (κ3) is 2.92. The molecule has 5 heteroatoms. The van der Waals surface area contributed by atoms with Gasteiger partial charge >= 0.3 is 6.01 Å². The maximum Gasteiger partial charge on any atom is 0.317 e. The first kappa shape index (κ1) is 11.4. The van der Waals surface area contributed by atoms with Crippen molar-refractivity contribution in [1.29, 1.82) is 5.26 Å². The second-order valence-corrected chi connectivity index (χ2v) is 3.62. The average molecular weight is 246 g/mol. The zero-order valence-electron chi connectivity index (χ0n) is 8.80. The number of aromatic nitrogens is 2. The number of benzene rings is 1. The molecule has 0 bridgehead atoms. The molecule has 4 nitrogen and oxygen atoms in total. The van der Waals surface area contributed by atoms with Crippen molar-refractivity contribution < 1.29 is 4.74 Å². The Balaban J connectivity index is 2.08. The van der Waals surface area contributed by atoms with Crippen molar-refractivity contribution in [2.45, 2.75) is 6.61 Å². The fraction of sp³-hybridized carbons (Fsp3) is 0.0833. The molecule has 0 aliphatic carbocycles. The van der Waals surface area contributed by atoms with Crippen molar-refractivity contribution in [3.05, 3.63) is 52.8 Å². The summed E-state index contributed by atoms with van der Waals surface area (Å²) >= 11 is 5.98. The van der Waals surface area contributed by atoms with Crippen LogP contribution < -0.4 is 4.74 Å². The van der Waals surface area contributed by atoms with Crippen LogP contribution >= 0.6 is 11.6 Å². The van der Waals surface area contributed by atoms with Crippen LogP contribution in [0.2, 0.25) is 5.02 Å². The summed E-state index contributed by atoms with van der Waals surface area (Å²) in [5.41, 5.74) is 1.12. The maximum absolute atomic E-state index is 8.67. The Morgan fingerprint density at radius 2 is 2.12 bits per heavy atom. The minimum absolute atomic E-state index is 0.170. The number of nitrogens with zero attached hydrogens (tertiary/aromatic N) is 3. The zero-order chi connectivity index (χ0) is 12.1. The number of hydrogen-bond acceptors (Lipinski definition) is 4. The molecule has 0 aliphatic heterocycles. The van der Waals surface area contributed by atoms with Gasteiger partial charge in [0.1, 0.15) is 18.4 Å². The molecule has 0 saturated heterocycles. The summed E-state index contributed by atoms with van der Waals surface area (Å²) in [6.45, 7) is 0.272. The standard InChI is InChI=1S/C12H8ClN3O/c13-11-4-2-1-3-9(11)8-17-12-15-6-5-10(7-14)16-12/h1-6H,8H2. The Bertz CT molecular complexity index is 566. The topological polar surface area (TPSA) is 58.8 Å². The lowest BCUT2D eigenvalue weighted by Gasteiger charge is -2.05. The lowest BCUT2D eigenvalue weighted by Crippen LogP contribution is -2.00. The first-order valence-electron chi connectivity index (χ1n) is 4.89. The summed E-state index contributed by atoms with van der Waals surface area (Å²) in [7, 11) is 0. The van der Waals surface area contributed by atoms with Gasteiger partial charge in [-0.25, -0.2) is 4.98 Å². The van der Waals surface area contributed by atoms with E-state index in [2.05, 4.69) is 9.97 Å². The second-order valence-electron chi connectivity index (χ2n) is 3.22. The minimum atomic E-state index is 0.170. The van der Waals surface area contributed by atoms with Gasteiger partial charge < -0.3 is 4.74 Å². The molecule has 17 heavy (non-hydrogen) atoms. The molecule has 0 amide bonds. The fourth-order valence-corrected chi connectivity index (χ4v) is 1.42. The molecule has 1 aromatic heterocycles. The van der Waals surface area contributed by atoms with E-state index in [1.54, 1.807) is 6.07 Å². The molecule has 84 valence electrons. The lowest BCUT2D eigenvalue weighted by molar-refractivity contribution is 0.280. The number of rotatable bonds is 3. The highest BCUT2D eigenvalue weighted by atomic mass is 35.5. The van der Waals surface area contributed by atoms with E-state index in [-0.39, 0.29) is 18.3 Å². The molecule has 0 saturated carbocycles. The van der Waals surface area contributed by atoms with Crippen LogP contribution in [0.25, 0.3) is 0 Å². The van der Waals surface area contributed by atoms with Gasteiger partial charge in [0.25, 0.3) is 0 Å². The number of nitriles is 1. The summed E-state index contributed by atoms with van der Waals surface area (Å²) in [5.74, 6) is 0. The van der Waals surface area contributed by atoms with E-state index < -0.39 is 0 Å². The van der Waals surface area contributed by atoms with Crippen LogP contribution in [0.4, 0.5) is 0 Å². The first-order chi connectivity index (χ1) is 8.29. The molecule has 0 unspecified atom stereocenters. The van der Waals surface area contributed by atoms with E-state index in [9.17, 15) is 0 Å². The van der Waals surface area contributed by atoms with Crippen molar-refractivity contribution in [1.82, 2.24) is 9.97 Å². The lowest BCUT2D eigenvalue weighted by atomic mass is 10.2. The van der Waals surface area contributed by atoms with Crippen LogP contribution in [0, 0.1) is 11.3 Å². The Morgan fingerprint density at radius 1 is 1.29 bits per heavy atom. The molecule has 2 rings (SSSR count). The van der Waals surface area contributed by atoms with Crippen molar-refractivity contribution >= 4 is 11.6 Å². The summed E-state index contributed by atoms with van der Waals surface area (Å²) in [6, 6.07) is 11.0. The molecule has 0 spiro atoms. The van der Waals surface area contributed by atoms with Gasteiger partial charge in [0.2, 0.25) is 0 Å². The molecule has 0 aliphatic rings. The monoisotopic (exact) mass is 245 g/mol. The largest absolute Gasteiger partial charge is 0.459 e. The Kier molecular flexibility index (Phi) is 3.53. The molecule has 0 radical (unpaired) electrons. The molecule has 2 aromatic rings. The van der Waals surface area contributed by atoms with Gasteiger partial charge in [-0.3, -0.25) is 0 Å². The fourth-order valence-electron chi connectivity index (χ4n) is 1.23. The van der Waals surface area contributed by atoms with Crippen molar-refractivity contribution in [2.75, 3.05) is 0 Å². The van der Waals surface area contributed by atoms with Crippen LogP contribution in [-0.2, 0) is 6.61 Å². The van der Waals surface area contributed by atoms with Crippen LogP contribution in [0.3, 0.4) is 0 Å². The summed E-state index contributed by atoms with van der Waals surface area (Å²) in [6.07, 6.45) is 1.48. The highest BCUT2D eigenvalue weighted by Gasteiger charge is 2.03. The molecular weight excluding hydrogens is 238 g/mol. The Labute approximate surface area is 103 Å². The van der Waals surface area contributed by atoms with Gasteiger partial charge in [0.05, 0.1) is 0 Å². The third-order valence-electron chi connectivity index (χ3n) is 2.06. The number of hydrogen-bond donors (Lipinski definition) is 0. The van der Waals surface area contributed by atoms with E-state index >= 15 is 0 Å². The second kappa shape index (κ2) is 5.28. The van der Waals surface area contributed by atoms with Crippen molar-refractivity contribution in [3.8, 4) is 12.1 Å². The van der Waals surface area contributed by atoms with E-state index in [1.165, 1.54) is 12.3 Å². The van der Waals surface area contributed by atoms with Crippen LogP contribution in [-0.4, -0.2) is 9.97 Å². The smallest absolute Gasteiger partial charge is 0.317 e. The van der Waals surface area contributed by atoms with Gasteiger partial charge in [-0.15, -0.1) is 0 Å². The van der Waals surface area contributed by atoms with Gasteiger partial charge in [0.15, 0.2) is 0 Å². The predicted octanol–water partition coefficient (Wildman–Crippen LogP) is 2.58. The SMILES string of the molecule is N#Cc1ccnc(OCc2ccccc2Cl)n1. The summed E-state index contributed by atoms with van der Waals surface area (Å²) in [4.78, 5) is 7.80. The Morgan fingerprint density at radius 3 is 2.88 bits per heavy atom. The molecular formula is C12H8ClN3O. The number of ether oxygens (including phenoxy) is 1. The first-order valence-corrected chi connectivity index (χ1v) is 5.27. The van der Waals surface area contributed by atoms with Gasteiger partial charge in [-0.1, -0.05) is 29.8 Å². The van der Waals surface area contributed by atoms with E-state index in [0.717, 1.165) is 5.56 Å². The summed E-state index contributed by atoms with van der Waals surface area (Å²) < 4.78 is 5.36. The highest BCUT2D eigenvalue weighted by molar-refractivity contribution is 6.31. The van der Waals surface area contributed by atoms with Crippen LogP contribution in [0.5, 0.6) is 6.01 Å². The highest BCUT2D eigenvalue weighted by Crippen LogP contribution is 2.16. The van der Waals surface area contributed by atoms with E-state index in [0.29, 0.717) is 5.02 Å². The van der Waals surface area contributed by atoms with Gasteiger partial charge in [-0.2, -0.15) is 10.2 Å². The third-order valence-corrected chi connectivity index (χ3v) is 2.43. The van der Waals surface area contributed by atoms with E-state index in [1.807, 2.05) is 24.3 Å². The quantitative estimate of drug-likeness (QED) is 0.834. The molecule has 0 fully saturated rings. The number of halogens is 1. The van der Waals surface area contributed by atoms with Crippen LogP contribution in [0.15, 0.2) is 36.5 Å². The summed E-state index contributed by atoms with van der Waals surface area (Å²) in [5, 5.41) is 9.30. The predicted molar refractivity (Wildman–Crippen MR) is 62.5 cm³/mol. The van der Waals surface area contributed by atoms with Gasteiger partial charge in [0, 0.05) is 16.8 Å². The minimum Gasteiger partial charge on any atom is -0.459 e. The maximum atomic E-state index is 8.67. The Hall–Kier alpha value is -2.12. The zero-order valence-corrected chi connectivity index (χ0v) is 9.55. The van der Waals surface area contributed by atoms with E-state index in [4.69, 9.17) is 21.6 Å². The molecule has 1 heterocycles.